The molecule has 0 unspecified atom stereocenters. The molecule has 6 nitrogen and oxygen atoms in total. The summed E-state index contributed by atoms with van der Waals surface area (Å²) in [6, 6.07) is 3.23. The Kier molecular flexibility index (Phi) is 2.97. The highest BCUT2D eigenvalue weighted by Gasteiger charge is 2.14. The third-order valence-corrected chi connectivity index (χ3v) is 2.28. The third kappa shape index (κ3) is 2.54. The van der Waals surface area contributed by atoms with Crippen LogP contribution in [0.2, 0.25) is 5.15 Å². The number of nitrogens with zero attached hydrogens (tertiary/aromatic N) is 3. The van der Waals surface area contributed by atoms with Crippen LogP contribution in [0.15, 0.2) is 24.5 Å². The van der Waals surface area contributed by atoms with Crippen molar-refractivity contribution in [3.63, 3.8) is 0 Å². The Labute approximate surface area is 102 Å². The van der Waals surface area contributed by atoms with E-state index in [0.29, 0.717) is 16.5 Å². The molecular weight excluding hydrogens is 242 g/mol. The van der Waals surface area contributed by atoms with E-state index in [2.05, 4.69) is 15.4 Å². The number of halogens is 1. The Balaban J connectivity index is 2.17. The zero-order valence-electron chi connectivity index (χ0n) is 9.01. The highest BCUT2D eigenvalue weighted by molar-refractivity contribution is 6.29. The molecule has 0 radical (unpaired) electrons. The number of carbonyl (C=O) groups is 1. The summed E-state index contributed by atoms with van der Waals surface area (Å²) >= 11 is 5.63. The van der Waals surface area contributed by atoms with Crippen LogP contribution in [0.1, 0.15) is 10.5 Å². The van der Waals surface area contributed by atoms with E-state index in [1.807, 2.05) is 0 Å². The molecule has 0 saturated heterocycles. The van der Waals surface area contributed by atoms with Crippen LogP contribution in [0.25, 0.3) is 0 Å². The molecule has 0 saturated carbocycles. The normalized spacial score (nSPS) is 10.2. The smallest absolute Gasteiger partial charge is 0.278 e. The molecule has 0 bridgehead atoms. The maximum absolute atomic E-state index is 11.8. The largest absolute Gasteiger partial charge is 0.396 e. The van der Waals surface area contributed by atoms with E-state index in [-0.39, 0.29) is 11.6 Å². The fourth-order valence-electron chi connectivity index (χ4n) is 1.32. The van der Waals surface area contributed by atoms with Crippen LogP contribution in [-0.2, 0) is 7.05 Å². The van der Waals surface area contributed by atoms with E-state index >= 15 is 0 Å². The number of aromatic nitrogens is 3. The van der Waals surface area contributed by atoms with Crippen LogP contribution < -0.4 is 11.1 Å². The number of carbonyl (C=O) groups excluding carboxylic acids is 1. The van der Waals surface area contributed by atoms with Crippen LogP contribution in [0.3, 0.4) is 0 Å². The Hall–Kier alpha value is -2.08. The lowest BCUT2D eigenvalue weighted by Gasteiger charge is -2.02. The summed E-state index contributed by atoms with van der Waals surface area (Å²) in [6.07, 6.45) is 3.02. The van der Waals surface area contributed by atoms with Crippen LogP contribution in [0, 0.1) is 0 Å². The van der Waals surface area contributed by atoms with Crippen molar-refractivity contribution in [3.05, 3.63) is 35.4 Å². The third-order valence-electron chi connectivity index (χ3n) is 2.06. The first kappa shape index (κ1) is 11.4. The Morgan fingerprint density at radius 1 is 1.53 bits per heavy atom. The fraction of sp³-hybridized carbons (Fsp3) is 0.100. The van der Waals surface area contributed by atoms with Crippen molar-refractivity contribution in [3.8, 4) is 0 Å². The molecule has 7 heteroatoms. The minimum atomic E-state index is -0.382. The van der Waals surface area contributed by atoms with Gasteiger partial charge in [-0.2, -0.15) is 5.10 Å². The monoisotopic (exact) mass is 251 g/mol. The van der Waals surface area contributed by atoms with Gasteiger partial charge in [-0.3, -0.25) is 9.48 Å². The quantitative estimate of drug-likeness (QED) is 0.788. The number of nitrogen functional groups attached to an aromatic ring is 1. The van der Waals surface area contributed by atoms with Crippen LogP contribution >= 0.6 is 11.6 Å². The van der Waals surface area contributed by atoms with Gasteiger partial charge in [0.25, 0.3) is 5.91 Å². The lowest BCUT2D eigenvalue weighted by atomic mass is 10.3. The lowest BCUT2D eigenvalue weighted by molar-refractivity contribution is 0.102. The summed E-state index contributed by atoms with van der Waals surface area (Å²) in [7, 11) is 1.69. The second-order valence-electron chi connectivity index (χ2n) is 3.43. The molecule has 0 aliphatic rings. The molecule has 2 aromatic heterocycles. The lowest BCUT2D eigenvalue weighted by Crippen LogP contribution is -2.14. The average Bonchev–Trinajstić information content (AvgIpc) is 2.61. The summed E-state index contributed by atoms with van der Waals surface area (Å²) in [4.78, 5) is 15.7. The number of hydrogen-bond donors (Lipinski definition) is 2. The zero-order valence-corrected chi connectivity index (χ0v) is 9.77. The number of pyridine rings is 1. The maximum atomic E-state index is 11.8. The molecule has 2 rings (SSSR count). The van der Waals surface area contributed by atoms with Gasteiger partial charge < -0.3 is 11.1 Å². The van der Waals surface area contributed by atoms with E-state index in [1.54, 1.807) is 25.4 Å². The summed E-state index contributed by atoms with van der Waals surface area (Å²) in [6.45, 7) is 0. The van der Waals surface area contributed by atoms with Crippen LogP contribution in [0.4, 0.5) is 11.4 Å². The second kappa shape index (κ2) is 4.42. The molecule has 0 aliphatic heterocycles. The topological polar surface area (TPSA) is 85.8 Å². The molecule has 2 heterocycles. The molecule has 0 aromatic carbocycles. The van der Waals surface area contributed by atoms with Crippen molar-refractivity contribution in [2.45, 2.75) is 0 Å². The molecule has 1 amide bonds. The number of anilines is 2. The van der Waals surface area contributed by atoms with Gasteiger partial charge in [-0.05, 0) is 12.1 Å². The first-order chi connectivity index (χ1) is 8.06. The van der Waals surface area contributed by atoms with Gasteiger partial charge in [0.15, 0.2) is 5.69 Å². The van der Waals surface area contributed by atoms with E-state index in [0.717, 1.165) is 0 Å². The molecule has 0 spiro atoms. The number of aryl methyl sites for hydroxylation is 1. The summed E-state index contributed by atoms with van der Waals surface area (Å²) in [5, 5.41) is 6.94. The van der Waals surface area contributed by atoms with E-state index in [1.165, 1.54) is 10.9 Å². The van der Waals surface area contributed by atoms with E-state index in [4.69, 9.17) is 17.3 Å². The van der Waals surface area contributed by atoms with Gasteiger partial charge >= 0.3 is 0 Å². The SMILES string of the molecule is Cn1cc(N)c(C(=O)Nc2ccc(Cl)nc2)n1. The van der Waals surface area contributed by atoms with Gasteiger partial charge in [0.05, 0.1) is 17.6 Å². The molecular formula is C10H10ClN5O. The van der Waals surface area contributed by atoms with E-state index < -0.39 is 0 Å². The minimum absolute atomic E-state index is 0.183. The predicted molar refractivity (Wildman–Crippen MR) is 64.8 cm³/mol. The predicted octanol–water partition coefficient (Wildman–Crippen LogP) is 1.30. The van der Waals surface area contributed by atoms with Crippen LogP contribution in [-0.4, -0.2) is 20.7 Å². The summed E-state index contributed by atoms with van der Waals surface area (Å²) in [5.41, 5.74) is 6.68. The van der Waals surface area contributed by atoms with Gasteiger partial charge in [-0.15, -0.1) is 0 Å². The number of hydrogen-bond acceptors (Lipinski definition) is 4. The molecule has 0 fully saturated rings. The summed E-state index contributed by atoms with van der Waals surface area (Å²) in [5.74, 6) is -0.382. The number of nitrogens with one attached hydrogen (secondary N) is 1. The van der Waals surface area contributed by atoms with Gasteiger partial charge in [-0.1, -0.05) is 11.6 Å². The van der Waals surface area contributed by atoms with Gasteiger partial charge in [0.2, 0.25) is 0 Å². The molecule has 3 N–H and O–H groups in total. The van der Waals surface area contributed by atoms with Gasteiger partial charge in [-0.25, -0.2) is 4.98 Å². The van der Waals surface area contributed by atoms with Crippen molar-refractivity contribution in [2.24, 2.45) is 7.05 Å². The van der Waals surface area contributed by atoms with Crippen molar-refractivity contribution in [2.75, 3.05) is 11.1 Å². The first-order valence-corrected chi connectivity index (χ1v) is 5.16. The Morgan fingerprint density at radius 2 is 2.29 bits per heavy atom. The Bertz CT molecular complexity index is 548. The molecule has 0 aliphatic carbocycles. The van der Waals surface area contributed by atoms with Crippen molar-refractivity contribution in [1.29, 1.82) is 0 Å². The maximum Gasteiger partial charge on any atom is 0.278 e. The highest BCUT2D eigenvalue weighted by atomic mass is 35.5. The first-order valence-electron chi connectivity index (χ1n) is 4.78. The summed E-state index contributed by atoms with van der Waals surface area (Å²) < 4.78 is 1.48. The standard InChI is InChI=1S/C10H10ClN5O/c1-16-5-7(12)9(15-16)10(17)14-6-2-3-8(11)13-4-6/h2-5H,12H2,1H3,(H,14,17). The van der Waals surface area contributed by atoms with Crippen LogP contribution in [0.5, 0.6) is 0 Å². The molecule has 88 valence electrons. The van der Waals surface area contributed by atoms with Crippen molar-refractivity contribution in [1.82, 2.24) is 14.8 Å². The average molecular weight is 252 g/mol. The number of rotatable bonds is 2. The number of nitrogens with two attached hydrogens (primary N) is 1. The number of amides is 1. The fourth-order valence-corrected chi connectivity index (χ4v) is 1.44. The highest BCUT2D eigenvalue weighted by Crippen LogP contribution is 2.13. The van der Waals surface area contributed by atoms with Crippen molar-refractivity contribution < 1.29 is 4.79 Å². The minimum Gasteiger partial charge on any atom is -0.396 e. The van der Waals surface area contributed by atoms with Crippen molar-refractivity contribution >= 4 is 28.9 Å². The Morgan fingerprint density at radius 3 is 2.82 bits per heavy atom. The van der Waals surface area contributed by atoms with E-state index in [9.17, 15) is 4.79 Å². The molecule has 0 atom stereocenters. The molecule has 2 aromatic rings. The van der Waals surface area contributed by atoms with Gasteiger partial charge in [0.1, 0.15) is 5.15 Å². The molecule has 17 heavy (non-hydrogen) atoms. The second-order valence-corrected chi connectivity index (χ2v) is 3.82. The van der Waals surface area contributed by atoms with Gasteiger partial charge in [0, 0.05) is 13.2 Å². The zero-order chi connectivity index (χ0) is 12.4.